The van der Waals surface area contributed by atoms with Crippen LogP contribution in [0, 0.1) is 6.92 Å². The maximum Gasteiger partial charge on any atom is 0.119 e. The van der Waals surface area contributed by atoms with Crippen molar-refractivity contribution in [3.8, 4) is 5.75 Å². The molecule has 0 amide bonds. The first-order valence-corrected chi connectivity index (χ1v) is 5.74. The molecule has 1 nitrogen and oxygen atoms in total. The average molecular weight is 222 g/mol. The molecule has 3 aromatic carbocycles. The van der Waals surface area contributed by atoms with Crippen LogP contribution in [0.1, 0.15) is 5.56 Å². The van der Waals surface area contributed by atoms with Gasteiger partial charge in [0.2, 0.25) is 0 Å². The maximum atomic E-state index is 5.25. The fourth-order valence-electron chi connectivity index (χ4n) is 2.22. The lowest BCUT2D eigenvalue weighted by Crippen LogP contribution is -1.83. The van der Waals surface area contributed by atoms with Gasteiger partial charge in [0, 0.05) is 0 Å². The van der Waals surface area contributed by atoms with Gasteiger partial charge >= 0.3 is 0 Å². The Morgan fingerprint density at radius 2 is 1.35 bits per heavy atom. The van der Waals surface area contributed by atoms with Gasteiger partial charge in [-0.25, -0.2) is 0 Å². The molecule has 0 unspecified atom stereocenters. The minimum Gasteiger partial charge on any atom is -0.497 e. The predicted octanol–water partition coefficient (Wildman–Crippen LogP) is 4.31. The normalized spacial score (nSPS) is 10.9. The predicted molar refractivity (Wildman–Crippen MR) is 72.7 cm³/mol. The van der Waals surface area contributed by atoms with Crippen LogP contribution in [0.3, 0.4) is 0 Å². The molecule has 0 aliphatic heterocycles. The highest BCUT2D eigenvalue weighted by molar-refractivity contribution is 5.98. The lowest BCUT2D eigenvalue weighted by molar-refractivity contribution is 0.415. The van der Waals surface area contributed by atoms with Gasteiger partial charge in [0.15, 0.2) is 0 Å². The summed E-state index contributed by atoms with van der Waals surface area (Å²) in [5, 5.41) is 5.05. The number of ether oxygens (including phenoxy) is 1. The summed E-state index contributed by atoms with van der Waals surface area (Å²) < 4.78 is 5.25. The third-order valence-electron chi connectivity index (χ3n) is 3.16. The largest absolute Gasteiger partial charge is 0.497 e. The molecule has 3 rings (SSSR count). The Morgan fingerprint density at radius 3 is 2.06 bits per heavy atom. The molecule has 0 heterocycles. The molecule has 0 bridgehead atoms. The summed E-state index contributed by atoms with van der Waals surface area (Å²) in [5.74, 6) is 0.906. The van der Waals surface area contributed by atoms with Crippen LogP contribution in [0.4, 0.5) is 0 Å². The lowest BCUT2D eigenvalue weighted by Gasteiger charge is -2.05. The molecule has 0 N–H and O–H groups in total. The zero-order valence-electron chi connectivity index (χ0n) is 10.0. The van der Waals surface area contributed by atoms with Crippen molar-refractivity contribution in [1.82, 2.24) is 0 Å². The molecule has 3 aromatic rings. The van der Waals surface area contributed by atoms with E-state index >= 15 is 0 Å². The molecule has 0 atom stereocenters. The minimum absolute atomic E-state index is 0.906. The molecule has 0 aliphatic rings. The number of hydrogen-bond acceptors (Lipinski definition) is 1. The van der Waals surface area contributed by atoms with Crippen LogP contribution in [0.15, 0.2) is 48.5 Å². The van der Waals surface area contributed by atoms with Gasteiger partial charge in [0.1, 0.15) is 5.75 Å². The third-order valence-corrected chi connectivity index (χ3v) is 3.16. The summed E-state index contributed by atoms with van der Waals surface area (Å²) in [6, 6.07) is 17.2. The van der Waals surface area contributed by atoms with Crippen molar-refractivity contribution in [2.75, 3.05) is 7.11 Å². The zero-order valence-corrected chi connectivity index (χ0v) is 10.0. The van der Waals surface area contributed by atoms with Gasteiger partial charge in [-0.1, -0.05) is 29.8 Å². The molecule has 0 saturated carbocycles. The Morgan fingerprint density at radius 1 is 0.706 bits per heavy atom. The van der Waals surface area contributed by atoms with E-state index in [1.165, 1.54) is 27.1 Å². The van der Waals surface area contributed by atoms with Gasteiger partial charge < -0.3 is 4.74 Å². The van der Waals surface area contributed by atoms with Crippen molar-refractivity contribution >= 4 is 21.5 Å². The summed E-state index contributed by atoms with van der Waals surface area (Å²) in [4.78, 5) is 0. The van der Waals surface area contributed by atoms with Gasteiger partial charge in [-0.05, 0) is 52.7 Å². The summed E-state index contributed by atoms with van der Waals surface area (Å²) in [7, 11) is 1.70. The van der Waals surface area contributed by atoms with Crippen LogP contribution in [0.5, 0.6) is 5.75 Å². The number of rotatable bonds is 1. The van der Waals surface area contributed by atoms with Crippen molar-refractivity contribution in [3.05, 3.63) is 54.1 Å². The fraction of sp³-hybridized carbons (Fsp3) is 0.125. The molecule has 0 radical (unpaired) electrons. The van der Waals surface area contributed by atoms with Crippen LogP contribution < -0.4 is 4.74 Å². The van der Waals surface area contributed by atoms with Gasteiger partial charge in [-0.3, -0.25) is 0 Å². The molecule has 84 valence electrons. The van der Waals surface area contributed by atoms with Gasteiger partial charge in [-0.15, -0.1) is 0 Å². The van der Waals surface area contributed by atoms with Crippen LogP contribution in [-0.4, -0.2) is 7.11 Å². The maximum absolute atomic E-state index is 5.25. The highest BCUT2D eigenvalue weighted by Crippen LogP contribution is 2.26. The SMILES string of the molecule is COc1ccc2cc3cc(C)ccc3cc2c1. The van der Waals surface area contributed by atoms with Gasteiger partial charge in [0.05, 0.1) is 7.11 Å². The molecular formula is C16H14O. The number of fused-ring (bicyclic) bond motifs is 2. The standard InChI is InChI=1S/C16H14O/c1-11-3-4-12-9-15-10-16(17-2)6-5-13(15)8-14(12)7-11/h3-10H,1-2H3. The van der Waals surface area contributed by atoms with E-state index in [0.717, 1.165) is 5.75 Å². The van der Waals surface area contributed by atoms with E-state index < -0.39 is 0 Å². The Balaban J connectivity index is 2.35. The van der Waals surface area contributed by atoms with Crippen LogP contribution in [-0.2, 0) is 0 Å². The van der Waals surface area contributed by atoms with E-state index in [9.17, 15) is 0 Å². The van der Waals surface area contributed by atoms with Gasteiger partial charge in [0.25, 0.3) is 0 Å². The van der Waals surface area contributed by atoms with Crippen molar-refractivity contribution < 1.29 is 4.74 Å². The number of benzene rings is 3. The van der Waals surface area contributed by atoms with E-state index in [0.29, 0.717) is 0 Å². The average Bonchev–Trinajstić information content (AvgIpc) is 2.35. The molecule has 0 spiro atoms. The summed E-state index contributed by atoms with van der Waals surface area (Å²) >= 11 is 0. The molecule has 0 aliphatic carbocycles. The molecule has 1 heteroatoms. The molecule has 17 heavy (non-hydrogen) atoms. The molecule has 0 saturated heterocycles. The van der Waals surface area contributed by atoms with E-state index in [4.69, 9.17) is 4.74 Å². The Hall–Kier alpha value is -2.02. The van der Waals surface area contributed by atoms with E-state index in [1.54, 1.807) is 7.11 Å². The quantitative estimate of drug-likeness (QED) is 0.557. The highest BCUT2D eigenvalue weighted by atomic mass is 16.5. The van der Waals surface area contributed by atoms with Gasteiger partial charge in [-0.2, -0.15) is 0 Å². The third kappa shape index (κ3) is 1.74. The van der Waals surface area contributed by atoms with Crippen molar-refractivity contribution in [1.29, 1.82) is 0 Å². The minimum atomic E-state index is 0.906. The monoisotopic (exact) mass is 222 g/mol. The first-order chi connectivity index (χ1) is 8.26. The molecule has 0 fully saturated rings. The highest BCUT2D eigenvalue weighted by Gasteiger charge is 2.00. The zero-order chi connectivity index (χ0) is 11.8. The van der Waals surface area contributed by atoms with Crippen molar-refractivity contribution in [2.24, 2.45) is 0 Å². The van der Waals surface area contributed by atoms with Crippen molar-refractivity contribution in [3.63, 3.8) is 0 Å². The Kier molecular flexibility index (Phi) is 2.25. The smallest absolute Gasteiger partial charge is 0.119 e. The summed E-state index contributed by atoms with van der Waals surface area (Å²) in [6.45, 7) is 2.12. The van der Waals surface area contributed by atoms with E-state index in [2.05, 4.69) is 49.4 Å². The second kappa shape index (κ2) is 3.77. The number of methoxy groups -OCH3 is 1. The summed E-state index contributed by atoms with van der Waals surface area (Å²) in [6.07, 6.45) is 0. The molecule has 0 aromatic heterocycles. The molecular weight excluding hydrogens is 208 g/mol. The van der Waals surface area contributed by atoms with Crippen LogP contribution in [0.25, 0.3) is 21.5 Å². The van der Waals surface area contributed by atoms with Crippen LogP contribution in [0.2, 0.25) is 0 Å². The van der Waals surface area contributed by atoms with Crippen molar-refractivity contribution in [2.45, 2.75) is 6.92 Å². The number of hydrogen-bond donors (Lipinski definition) is 0. The number of aryl methyl sites for hydroxylation is 1. The van der Waals surface area contributed by atoms with Crippen LogP contribution >= 0.6 is 0 Å². The van der Waals surface area contributed by atoms with E-state index in [1.807, 2.05) is 6.07 Å². The van der Waals surface area contributed by atoms with E-state index in [-0.39, 0.29) is 0 Å². The lowest BCUT2D eigenvalue weighted by atomic mass is 10.0. The Labute approximate surface area is 101 Å². The summed E-state index contributed by atoms with van der Waals surface area (Å²) in [5.41, 5.74) is 1.30. The topological polar surface area (TPSA) is 9.23 Å². The second-order valence-corrected chi connectivity index (χ2v) is 4.42. The fourth-order valence-corrected chi connectivity index (χ4v) is 2.22. The second-order valence-electron chi connectivity index (χ2n) is 4.42. The Bertz CT molecular complexity index is 698. The first kappa shape index (κ1) is 10.2. The first-order valence-electron chi connectivity index (χ1n) is 5.74.